The van der Waals surface area contributed by atoms with Crippen LogP contribution in [0.2, 0.25) is 0 Å². The molecule has 0 amide bonds. The summed E-state index contributed by atoms with van der Waals surface area (Å²) in [6.07, 6.45) is 6.99. The van der Waals surface area contributed by atoms with Crippen molar-refractivity contribution in [2.45, 2.75) is 39.2 Å². The molecule has 1 N–H and O–H groups in total. The zero-order chi connectivity index (χ0) is 14.4. The van der Waals surface area contributed by atoms with Crippen LogP contribution in [0.5, 0.6) is 0 Å². The van der Waals surface area contributed by atoms with Crippen LogP contribution in [0, 0.1) is 11.8 Å². The molecule has 2 unspecified atom stereocenters. The summed E-state index contributed by atoms with van der Waals surface area (Å²) in [7, 11) is 1.38. The Hall–Kier alpha value is -1.42. The quantitative estimate of drug-likeness (QED) is 0.840. The molecular formula is C16H24N2O2. The van der Waals surface area contributed by atoms with Gasteiger partial charge in [-0.3, -0.25) is 4.98 Å². The van der Waals surface area contributed by atoms with E-state index in [1.165, 1.54) is 32.8 Å². The van der Waals surface area contributed by atoms with Gasteiger partial charge in [-0.2, -0.15) is 0 Å². The number of pyridine rings is 1. The van der Waals surface area contributed by atoms with Gasteiger partial charge in [-0.1, -0.05) is 19.8 Å². The third-order valence-corrected chi connectivity index (χ3v) is 4.03. The Labute approximate surface area is 120 Å². The number of aromatic nitrogens is 1. The van der Waals surface area contributed by atoms with Crippen molar-refractivity contribution in [3.63, 3.8) is 0 Å². The lowest BCUT2D eigenvalue weighted by atomic mass is 9.82. The summed E-state index contributed by atoms with van der Waals surface area (Å²) in [6.45, 7) is 4.16. The fraction of sp³-hybridized carbons (Fsp3) is 0.625. The molecule has 0 spiro atoms. The maximum Gasteiger partial charge on any atom is 0.339 e. The molecule has 20 heavy (non-hydrogen) atoms. The van der Waals surface area contributed by atoms with E-state index in [2.05, 4.69) is 22.0 Å². The number of carbonyl (C=O) groups is 1. The number of hydrogen-bond acceptors (Lipinski definition) is 4. The van der Waals surface area contributed by atoms with Crippen LogP contribution in [0.3, 0.4) is 0 Å². The molecular weight excluding hydrogens is 252 g/mol. The molecule has 0 aromatic carbocycles. The predicted octanol–water partition coefficient (Wildman–Crippen LogP) is 2.78. The van der Waals surface area contributed by atoms with Crippen LogP contribution in [-0.2, 0) is 11.3 Å². The van der Waals surface area contributed by atoms with Crippen LogP contribution in [0.25, 0.3) is 0 Å². The van der Waals surface area contributed by atoms with Crippen molar-refractivity contribution in [2.24, 2.45) is 11.8 Å². The molecule has 0 bridgehead atoms. The number of carbonyl (C=O) groups excluding carboxylic acids is 1. The topological polar surface area (TPSA) is 51.2 Å². The Morgan fingerprint density at radius 3 is 2.95 bits per heavy atom. The molecule has 1 saturated carbocycles. The van der Waals surface area contributed by atoms with Crippen LogP contribution < -0.4 is 5.32 Å². The van der Waals surface area contributed by atoms with E-state index in [-0.39, 0.29) is 5.97 Å². The van der Waals surface area contributed by atoms with E-state index in [4.69, 9.17) is 0 Å². The van der Waals surface area contributed by atoms with E-state index < -0.39 is 0 Å². The first-order valence-electron chi connectivity index (χ1n) is 7.43. The van der Waals surface area contributed by atoms with Crippen molar-refractivity contribution in [3.05, 3.63) is 29.6 Å². The lowest BCUT2D eigenvalue weighted by Crippen LogP contribution is -2.26. The lowest BCUT2D eigenvalue weighted by molar-refractivity contribution is 0.0600. The van der Waals surface area contributed by atoms with Gasteiger partial charge in [0, 0.05) is 12.7 Å². The molecule has 1 aromatic heterocycles. The van der Waals surface area contributed by atoms with Gasteiger partial charge in [0.1, 0.15) is 0 Å². The number of hydrogen-bond donors (Lipinski definition) is 1. The maximum atomic E-state index is 11.3. The Morgan fingerprint density at radius 2 is 2.30 bits per heavy atom. The number of methoxy groups -OCH3 is 1. The van der Waals surface area contributed by atoms with Crippen molar-refractivity contribution in [2.75, 3.05) is 13.7 Å². The van der Waals surface area contributed by atoms with Crippen LogP contribution in [-0.4, -0.2) is 24.6 Å². The van der Waals surface area contributed by atoms with E-state index >= 15 is 0 Å². The average Bonchev–Trinajstić information content (AvgIpc) is 2.47. The fourth-order valence-corrected chi connectivity index (χ4v) is 2.92. The highest BCUT2D eigenvalue weighted by atomic mass is 16.5. The summed E-state index contributed by atoms with van der Waals surface area (Å²) < 4.78 is 4.65. The zero-order valence-corrected chi connectivity index (χ0v) is 12.4. The molecule has 0 saturated heterocycles. The number of nitrogens with zero attached hydrogens (tertiary/aromatic N) is 1. The third kappa shape index (κ3) is 4.30. The van der Waals surface area contributed by atoms with Crippen molar-refractivity contribution < 1.29 is 9.53 Å². The first kappa shape index (κ1) is 15.0. The normalized spacial score (nSPS) is 22.5. The second-order valence-corrected chi connectivity index (χ2v) is 5.80. The molecule has 110 valence electrons. The lowest BCUT2D eigenvalue weighted by Gasteiger charge is -2.26. The van der Waals surface area contributed by atoms with Crippen molar-refractivity contribution in [1.29, 1.82) is 0 Å². The first-order chi connectivity index (χ1) is 9.69. The fourth-order valence-electron chi connectivity index (χ4n) is 2.92. The van der Waals surface area contributed by atoms with Crippen LogP contribution in [0.1, 0.15) is 48.7 Å². The van der Waals surface area contributed by atoms with Gasteiger partial charge >= 0.3 is 5.97 Å². The van der Waals surface area contributed by atoms with Gasteiger partial charge in [0.05, 0.1) is 18.4 Å². The summed E-state index contributed by atoms with van der Waals surface area (Å²) in [5.41, 5.74) is 1.46. The van der Waals surface area contributed by atoms with Crippen LogP contribution in [0.15, 0.2) is 18.3 Å². The minimum atomic E-state index is -0.340. The third-order valence-electron chi connectivity index (χ3n) is 4.03. The highest BCUT2D eigenvalue weighted by Gasteiger charge is 2.18. The smallest absolute Gasteiger partial charge is 0.339 e. The molecule has 1 fully saturated rings. The van der Waals surface area contributed by atoms with E-state index in [0.717, 1.165) is 30.6 Å². The monoisotopic (exact) mass is 276 g/mol. The van der Waals surface area contributed by atoms with E-state index in [1.54, 1.807) is 12.3 Å². The van der Waals surface area contributed by atoms with Gasteiger partial charge in [-0.25, -0.2) is 4.79 Å². The Balaban J connectivity index is 1.75. The molecule has 2 rings (SSSR count). The molecule has 0 aliphatic heterocycles. The van der Waals surface area contributed by atoms with Gasteiger partial charge in [-0.05, 0) is 43.4 Å². The number of rotatable bonds is 5. The van der Waals surface area contributed by atoms with E-state index in [1.807, 2.05) is 6.07 Å². The van der Waals surface area contributed by atoms with Crippen molar-refractivity contribution >= 4 is 5.97 Å². The Kier molecular flexibility index (Phi) is 5.53. The van der Waals surface area contributed by atoms with Gasteiger partial charge < -0.3 is 10.1 Å². The maximum absolute atomic E-state index is 11.3. The van der Waals surface area contributed by atoms with Gasteiger partial charge in [0.2, 0.25) is 0 Å². The number of esters is 1. The zero-order valence-electron chi connectivity index (χ0n) is 12.4. The Bertz CT molecular complexity index is 431. The molecule has 1 aliphatic carbocycles. The molecule has 1 heterocycles. The molecule has 4 heteroatoms. The van der Waals surface area contributed by atoms with Crippen molar-refractivity contribution in [1.82, 2.24) is 10.3 Å². The highest BCUT2D eigenvalue weighted by molar-refractivity contribution is 5.88. The Morgan fingerprint density at radius 1 is 1.45 bits per heavy atom. The second kappa shape index (κ2) is 7.39. The summed E-state index contributed by atoms with van der Waals surface area (Å²) in [5.74, 6) is 1.33. The molecule has 4 nitrogen and oxygen atoms in total. The predicted molar refractivity (Wildman–Crippen MR) is 78.4 cm³/mol. The standard InChI is InChI=1S/C16H24N2O2/c1-12-4-3-5-13(8-12)9-17-11-15-7-6-14(10-18-15)16(19)20-2/h6-7,10,12-13,17H,3-5,8-9,11H2,1-2H3. The van der Waals surface area contributed by atoms with Gasteiger partial charge in [0.25, 0.3) is 0 Å². The van der Waals surface area contributed by atoms with Crippen LogP contribution in [0.4, 0.5) is 0 Å². The first-order valence-corrected chi connectivity index (χ1v) is 7.43. The minimum Gasteiger partial charge on any atom is -0.465 e. The largest absolute Gasteiger partial charge is 0.465 e. The summed E-state index contributed by atoms with van der Waals surface area (Å²) in [6, 6.07) is 3.64. The van der Waals surface area contributed by atoms with Gasteiger partial charge in [0.15, 0.2) is 0 Å². The highest BCUT2D eigenvalue weighted by Crippen LogP contribution is 2.27. The van der Waals surface area contributed by atoms with E-state index in [0.29, 0.717) is 5.56 Å². The van der Waals surface area contributed by atoms with Crippen LogP contribution >= 0.6 is 0 Å². The molecule has 0 radical (unpaired) electrons. The number of nitrogens with one attached hydrogen (secondary N) is 1. The molecule has 1 aliphatic rings. The van der Waals surface area contributed by atoms with Crippen molar-refractivity contribution in [3.8, 4) is 0 Å². The van der Waals surface area contributed by atoms with E-state index in [9.17, 15) is 4.79 Å². The second-order valence-electron chi connectivity index (χ2n) is 5.80. The SMILES string of the molecule is COC(=O)c1ccc(CNCC2CCCC(C)C2)nc1. The summed E-state index contributed by atoms with van der Waals surface area (Å²) in [4.78, 5) is 15.6. The summed E-state index contributed by atoms with van der Waals surface area (Å²) in [5, 5.41) is 3.48. The molecule has 2 atom stereocenters. The minimum absolute atomic E-state index is 0.340. The molecule has 1 aromatic rings. The van der Waals surface area contributed by atoms with Gasteiger partial charge in [-0.15, -0.1) is 0 Å². The summed E-state index contributed by atoms with van der Waals surface area (Å²) >= 11 is 0. The number of ether oxygens (including phenoxy) is 1. The average molecular weight is 276 g/mol.